The minimum Gasteiger partial charge on any atom is -0.351 e. The normalized spacial score (nSPS) is 17.1. The summed E-state index contributed by atoms with van der Waals surface area (Å²) in [6, 6.07) is 8.57. The van der Waals surface area contributed by atoms with Crippen molar-refractivity contribution in [2.24, 2.45) is 0 Å². The third-order valence-electron chi connectivity index (χ3n) is 3.72. The number of fused-ring (bicyclic) bond motifs is 1. The maximum absolute atomic E-state index is 12.7. The lowest BCUT2D eigenvalue weighted by molar-refractivity contribution is -0.119. The van der Waals surface area contributed by atoms with Gasteiger partial charge < -0.3 is 5.32 Å². The van der Waals surface area contributed by atoms with Crippen LogP contribution in [0.15, 0.2) is 39.4 Å². The van der Waals surface area contributed by atoms with E-state index in [9.17, 15) is 13.2 Å². The summed E-state index contributed by atoms with van der Waals surface area (Å²) in [4.78, 5) is 12.8. The summed E-state index contributed by atoms with van der Waals surface area (Å²) < 4.78 is 28.5. The van der Waals surface area contributed by atoms with Crippen molar-refractivity contribution < 1.29 is 13.2 Å². The monoisotopic (exact) mass is 416 g/mol. The fraction of sp³-hybridized carbons (Fsp3) is 0.312. The van der Waals surface area contributed by atoms with E-state index in [0.717, 1.165) is 32.4 Å². The van der Waals surface area contributed by atoms with Gasteiger partial charge in [-0.1, -0.05) is 11.6 Å². The molecule has 1 aliphatic rings. The van der Waals surface area contributed by atoms with E-state index in [2.05, 4.69) is 10.0 Å². The highest BCUT2D eigenvalue weighted by Gasteiger charge is 2.27. The Balaban J connectivity index is 1.79. The molecular weight excluding hydrogens is 400 g/mol. The highest BCUT2D eigenvalue weighted by atomic mass is 35.5. The number of thiophene rings is 1. The van der Waals surface area contributed by atoms with Crippen LogP contribution in [0, 0.1) is 0 Å². The molecule has 2 N–H and O–H groups in total. The molecule has 1 aromatic heterocycles. The summed E-state index contributed by atoms with van der Waals surface area (Å²) in [7, 11) is -3.63. The Morgan fingerprint density at radius 2 is 2.12 bits per heavy atom. The second-order valence-corrected chi connectivity index (χ2v) is 10.3. The van der Waals surface area contributed by atoms with Crippen molar-refractivity contribution in [1.29, 1.82) is 0 Å². The topological polar surface area (TPSA) is 75.3 Å². The van der Waals surface area contributed by atoms with Crippen molar-refractivity contribution >= 4 is 50.6 Å². The van der Waals surface area contributed by atoms with Crippen LogP contribution >= 0.6 is 34.7 Å². The Morgan fingerprint density at radius 1 is 1.32 bits per heavy atom. The lowest BCUT2D eigenvalue weighted by atomic mass is 10.1. The van der Waals surface area contributed by atoms with Crippen LogP contribution in [-0.4, -0.2) is 20.1 Å². The number of sulfonamides is 1. The van der Waals surface area contributed by atoms with Crippen LogP contribution in [0.1, 0.15) is 29.8 Å². The smallest absolute Gasteiger partial charge is 0.250 e. The van der Waals surface area contributed by atoms with Gasteiger partial charge in [0.15, 0.2) is 0 Å². The zero-order valence-corrected chi connectivity index (χ0v) is 16.6. The standard InChI is InChI=1S/C16H17ClN2O3S3/c1-10(20)18-9-12-3-5-16(24-12)25(21,22)19-14-6-7-23-15-4-2-11(17)8-13(14)15/h2-5,8,14,19H,6-7,9H2,1H3,(H,18,20). The van der Waals surface area contributed by atoms with Gasteiger partial charge in [0.2, 0.25) is 5.91 Å². The number of halogens is 1. The number of carbonyl (C=O) groups is 1. The van der Waals surface area contributed by atoms with E-state index < -0.39 is 10.0 Å². The van der Waals surface area contributed by atoms with Gasteiger partial charge in [-0.15, -0.1) is 23.1 Å². The van der Waals surface area contributed by atoms with Crippen LogP contribution in [0.2, 0.25) is 5.02 Å². The molecule has 0 radical (unpaired) electrons. The van der Waals surface area contributed by atoms with Gasteiger partial charge in [-0.3, -0.25) is 4.79 Å². The first-order chi connectivity index (χ1) is 11.8. The van der Waals surface area contributed by atoms with E-state index in [1.165, 1.54) is 6.92 Å². The molecule has 0 saturated carbocycles. The van der Waals surface area contributed by atoms with Crippen LogP contribution in [0.4, 0.5) is 0 Å². The van der Waals surface area contributed by atoms with E-state index >= 15 is 0 Å². The average Bonchev–Trinajstić information content (AvgIpc) is 3.03. The Morgan fingerprint density at radius 3 is 2.88 bits per heavy atom. The fourth-order valence-electron chi connectivity index (χ4n) is 2.54. The van der Waals surface area contributed by atoms with Crippen molar-refractivity contribution in [2.75, 3.05) is 5.75 Å². The number of rotatable bonds is 5. The Hall–Kier alpha value is -1.06. The molecule has 3 rings (SSSR count). The molecule has 1 amide bonds. The Bertz CT molecular complexity index is 896. The summed E-state index contributed by atoms with van der Waals surface area (Å²) >= 11 is 8.94. The second-order valence-electron chi connectivity index (χ2n) is 5.62. The van der Waals surface area contributed by atoms with Crippen LogP contribution in [0.25, 0.3) is 0 Å². The highest BCUT2D eigenvalue weighted by Crippen LogP contribution is 2.38. The molecule has 2 heterocycles. The van der Waals surface area contributed by atoms with Gasteiger partial charge in [0.05, 0.1) is 6.54 Å². The van der Waals surface area contributed by atoms with Gasteiger partial charge in [-0.2, -0.15) is 0 Å². The summed E-state index contributed by atoms with van der Waals surface area (Å²) in [5.74, 6) is 0.698. The number of benzene rings is 1. The summed E-state index contributed by atoms with van der Waals surface area (Å²) in [5.41, 5.74) is 0.919. The van der Waals surface area contributed by atoms with Gasteiger partial charge in [-0.25, -0.2) is 13.1 Å². The van der Waals surface area contributed by atoms with Crippen LogP contribution in [-0.2, 0) is 21.4 Å². The Kier molecular flexibility index (Phi) is 5.75. The number of hydrogen-bond donors (Lipinski definition) is 2. The molecule has 5 nitrogen and oxygen atoms in total. The minimum absolute atomic E-state index is 0.149. The molecule has 9 heteroatoms. The van der Waals surface area contributed by atoms with Crippen molar-refractivity contribution in [2.45, 2.75) is 35.0 Å². The maximum Gasteiger partial charge on any atom is 0.250 e. The van der Waals surface area contributed by atoms with E-state index in [1.54, 1.807) is 23.9 Å². The van der Waals surface area contributed by atoms with E-state index in [-0.39, 0.29) is 16.2 Å². The van der Waals surface area contributed by atoms with E-state index in [4.69, 9.17) is 11.6 Å². The zero-order chi connectivity index (χ0) is 18.0. The van der Waals surface area contributed by atoms with Crippen molar-refractivity contribution in [1.82, 2.24) is 10.0 Å². The molecule has 2 aromatic rings. The first kappa shape index (κ1) is 18.7. The maximum atomic E-state index is 12.7. The van der Waals surface area contributed by atoms with Gasteiger partial charge in [0.25, 0.3) is 10.0 Å². The molecule has 1 atom stereocenters. The lowest BCUT2D eigenvalue weighted by Gasteiger charge is -2.25. The molecular formula is C16H17ClN2O3S3. The van der Waals surface area contributed by atoms with Crippen molar-refractivity contribution in [3.05, 3.63) is 45.8 Å². The first-order valence-corrected chi connectivity index (χ1v) is 11.3. The molecule has 25 heavy (non-hydrogen) atoms. The predicted octanol–water partition coefficient (Wildman–Crippen LogP) is 3.55. The van der Waals surface area contributed by atoms with Crippen molar-refractivity contribution in [3.8, 4) is 0 Å². The van der Waals surface area contributed by atoms with Crippen LogP contribution < -0.4 is 10.0 Å². The average molecular weight is 417 g/mol. The van der Waals surface area contributed by atoms with Gasteiger partial charge in [0.1, 0.15) is 4.21 Å². The van der Waals surface area contributed by atoms with Gasteiger partial charge in [0, 0.05) is 27.8 Å². The molecule has 0 fully saturated rings. The summed E-state index contributed by atoms with van der Waals surface area (Å²) in [6.45, 7) is 1.75. The van der Waals surface area contributed by atoms with E-state index in [0.29, 0.717) is 18.0 Å². The second kappa shape index (κ2) is 7.67. The number of carbonyl (C=O) groups excluding carboxylic acids is 1. The molecule has 0 saturated heterocycles. The first-order valence-electron chi connectivity index (χ1n) is 7.63. The fourth-order valence-corrected chi connectivity index (χ4v) is 6.39. The molecule has 0 bridgehead atoms. The predicted molar refractivity (Wildman–Crippen MR) is 102 cm³/mol. The quantitative estimate of drug-likeness (QED) is 0.781. The zero-order valence-electron chi connectivity index (χ0n) is 13.4. The van der Waals surface area contributed by atoms with Gasteiger partial charge >= 0.3 is 0 Å². The molecule has 0 spiro atoms. The molecule has 1 unspecified atom stereocenters. The van der Waals surface area contributed by atoms with Crippen molar-refractivity contribution in [3.63, 3.8) is 0 Å². The summed E-state index contributed by atoms with van der Waals surface area (Å²) in [5, 5.41) is 3.26. The van der Waals surface area contributed by atoms with Crippen LogP contribution in [0.5, 0.6) is 0 Å². The lowest BCUT2D eigenvalue weighted by Crippen LogP contribution is -2.30. The minimum atomic E-state index is -3.63. The summed E-state index contributed by atoms with van der Waals surface area (Å²) in [6.07, 6.45) is 0.710. The Labute approximate surface area is 160 Å². The number of amides is 1. The van der Waals surface area contributed by atoms with E-state index in [1.807, 2.05) is 18.2 Å². The third-order valence-corrected chi connectivity index (χ3v) is 8.13. The molecule has 1 aliphatic heterocycles. The molecule has 0 aliphatic carbocycles. The van der Waals surface area contributed by atoms with Crippen LogP contribution in [0.3, 0.4) is 0 Å². The number of thioether (sulfide) groups is 1. The third kappa shape index (κ3) is 4.57. The number of hydrogen-bond acceptors (Lipinski definition) is 5. The highest BCUT2D eigenvalue weighted by molar-refractivity contribution is 7.99. The molecule has 134 valence electrons. The number of nitrogens with one attached hydrogen (secondary N) is 2. The molecule has 1 aromatic carbocycles. The SMILES string of the molecule is CC(=O)NCc1ccc(S(=O)(=O)NC2CCSc3ccc(Cl)cc32)s1. The van der Waals surface area contributed by atoms with Gasteiger partial charge in [-0.05, 0) is 48.1 Å². The largest absolute Gasteiger partial charge is 0.351 e.